The van der Waals surface area contributed by atoms with Gasteiger partial charge < -0.3 is 5.32 Å². The summed E-state index contributed by atoms with van der Waals surface area (Å²) in [5, 5.41) is 3.37. The second-order valence-corrected chi connectivity index (χ2v) is 8.77. The molecule has 1 N–H and O–H groups in total. The van der Waals surface area contributed by atoms with Gasteiger partial charge in [-0.3, -0.25) is 4.79 Å². The molecule has 26 heavy (non-hydrogen) atoms. The second kappa shape index (κ2) is 8.99. The first kappa shape index (κ1) is 20.9. The lowest BCUT2D eigenvalue weighted by atomic mass is 10.2. The normalized spacial score (nSPS) is 11.6. The average Bonchev–Trinajstić information content (AvgIpc) is 2.60. The zero-order valence-electron chi connectivity index (χ0n) is 14.5. The third-order valence-corrected chi connectivity index (χ3v) is 6.84. The van der Waals surface area contributed by atoms with Crippen LogP contribution in [-0.4, -0.2) is 31.7 Å². The molecular weight excluding hydrogens is 440 g/mol. The summed E-state index contributed by atoms with van der Waals surface area (Å²) < 4.78 is 27.2. The summed E-state index contributed by atoms with van der Waals surface area (Å²) in [4.78, 5) is 12.6. The van der Waals surface area contributed by atoms with E-state index in [1.807, 2.05) is 6.07 Å². The molecule has 0 radical (unpaired) electrons. The Morgan fingerprint density at radius 2 is 1.85 bits per heavy atom. The molecule has 0 aliphatic heterocycles. The second-order valence-electron chi connectivity index (χ2n) is 5.54. The zero-order valence-corrected chi connectivity index (χ0v) is 17.7. The lowest BCUT2D eigenvalue weighted by Gasteiger charge is -2.19. The molecule has 1 amide bonds. The Hall–Kier alpha value is -1.41. The summed E-state index contributed by atoms with van der Waals surface area (Å²) in [6.07, 6.45) is 0. The van der Waals surface area contributed by atoms with Crippen LogP contribution < -0.4 is 5.32 Å². The fourth-order valence-electron chi connectivity index (χ4n) is 2.48. The number of sulfonamides is 1. The molecule has 0 saturated carbocycles. The molecule has 0 atom stereocenters. The molecule has 8 heteroatoms. The van der Waals surface area contributed by atoms with E-state index in [4.69, 9.17) is 11.6 Å². The molecule has 0 aromatic heterocycles. The number of hydrogen-bond acceptors (Lipinski definition) is 3. The Balaban J connectivity index is 2.25. The molecule has 0 aliphatic carbocycles. The molecular formula is C18H20BrClN2O3S. The monoisotopic (exact) mass is 458 g/mol. The van der Waals surface area contributed by atoms with Crippen LogP contribution in [0.5, 0.6) is 0 Å². The highest BCUT2D eigenvalue weighted by molar-refractivity contribution is 9.10. The van der Waals surface area contributed by atoms with Crippen LogP contribution in [0.2, 0.25) is 5.02 Å². The minimum absolute atomic E-state index is 0.0947. The van der Waals surface area contributed by atoms with Gasteiger partial charge in [-0.1, -0.05) is 37.6 Å². The quantitative estimate of drug-likeness (QED) is 0.679. The third kappa shape index (κ3) is 4.85. The van der Waals surface area contributed by atoms with E-state index in [1.54, 1.807) is 38.1 Å². The standard InChI is InChI=1S/C18H20BrClN2O3S/c1-3-22(4-2)26(24,25)15-8-9-17(19)16(11-15)18(23)21-12-13-6-5-7-14(20)10-13/h5-11H,3-4,12H2,1-2H3,(H,21,23). The van der Waals surface area contributed by atoms with Crippen molar-refractivity contribution in [2.24, 2.45) is 0 Å². The summed E-state index contributed by atoms with van der Waals surface area (Å²) in [6, 6.07) is 11.6. The van der Waals surface area contributed by atoms with Gasteiger partial charge in [0.25, 0.3) is 5.91 Å². The van der Waals surface area contributed by atoms with Crippen LogP contribution >= 0.6 is 27.5 Å². The van der Waals surface area contributed by atoms with E-state index in [0.29, 0.717) is 29.1 Å². The van der Waals surface area contributed by atoms with Crippen molar-refractivity contribution < 1.29 is 13.2 Å². The Bertz CT molecular complexity index is 899. The molecule has 0 unspecified atom stereocenters. The lowest BCUT2D eigenvalue weighted by molar-refractivity contribution is 0.0950. The van der Waals surface area contributed by atoms with Gasteiger partial charge >= 0.3 is 0 Å². The average molecular weight is 460 g/mol. The molecule has 0 spiro atoms. The van der Waals surface area contributed by atoms with Crippen LogP contribution in [0.3, 0.4) is 0 Å². The van der Waals surface area contributed by atoms with E-state index in [0.717, 1.165) is 5.56 Å². The highest BCUT2D eigenvalue weighted by atomic mass is 79.9. The van der Waals surface area contributed by atoms with Crippen LogP contribution in [0.1, 0.15) is 29.8 Å². The van der Waals surface area contributed by atoms with Gasteiger partial charge in [-0.15, -0.1) is 0 Å². The van der Waals surface area contributed by atoms with E-state index >= 15 is 0 Å². The van der Waals surface area contributed by atoms with Gasteiger partial charge in [-0.25, -0.2) is 8.42 Å². The minimum atomic E-state index is -3.63. The maximum Gasteiger partial charge on any atom is 0.252 e. The molecule has 140 valence electrons. The lowest BCUT2D eigenvalue weighted by Crippen LogP contribution is -2.31. The summed E-state index contributed by atoms with van der Waals surface area (Å²) in [6.45, 7) is 4.58. The number of carbonyl (C=O) groups is 1. The number of amides is 1. The molecule has 2 rings (SSSR count). The first-order valence-corrected chi connectivity index (χ1v) is 10.7. The van der Waals surface area contributed by atoms with Crippen molar-refractivity contribution in [1.82, 2.24) is 9.62 Å². The van der Waals surface area contributed by atoms with Gasteiger partial charge in [0, 0.05) is 29.1 Å². The zero-order chi connectivity index (χ0) is 19.3. The summed E-state index contributed by atoms with van der Waals surface area (Å²) in [5.74, 6) is -0.367. The van der Waals surface area contributed by atoms with Crippen molar-refractivity contribution in [3.05, 3.63) is 63.1 Å². The SMILES string of the molecule is CCN(CC)S(=O)(=O)c1ccc(Br)c(C(=O)NCc2cccc(Cl)c2)c1. The maximum atomic E-state index is 12.7. The summed E-state index contributed by atoms with van der Waals surface area (Å²) in [7, 11) is -3.63. The van der Waals surface area contributed by atoms with Crippen LogP contribution in [0.25, 0.3) is 0 Å². The Morgan fingerprint density at radius 3 is 2.46 bits per heavy atom. The Kier molecular flexibility index (Phi) is 7.23. The van der Waals surface area contributed by atoms with Crippen molar-refractivity contribution in [3.8, 4) is 0 Å². The largest absolute Gasteiger partial charge is 0.348 e. The van der Waals surface area contributed by atoms with Crippen molar-refractivity contribution in [3.63, 3.8) is 0 Å². The van der Waals surface area contributed by atoms with Gasteiger partial charge in [-0.05, 0) is 51.8 Å². The van der Waals surface area contributed by atoms with Crippen molar-refractivity contribution >= 4 is 43.5 Å². The fourth-order valence-corrected chi connectivity index (χ4v) is 4.60. The molecule has 0 fully saturated rings. The predicted molar refractivity (Wildman–Crippen MR) is 107 cm³/mol. The number of halogens is 2. The molecule has 0 saturated heterocycles. The first-order valence-electron chi connectivity index (χ1n) is 8.12. The number of nitrogens with zero attached hydrogens (tertiary/aromatic N) is 1. The van der Waals surface area contributed by atoms with Gasteiger partial charge in [0.05, 0.1) is 10.5 Å². The molecule has 2 aromatic carbocycles. The first-order chi connectivity index (χ1) is 12.3. The number of nitrogens with one attached hydrogen (secondary N) is 1. The number of benzene rings is 2. The van der Waals surface area contributed by atoms with E-state index in [-0.39, 0.29) is 16.4 Å². The fraction of sp³-hybridized carbons (Fsp3) is 0.278. The predicted octanol–water partition coefficient (Wildman–Crippen LogP) is 4.06. The van der Waals surface area contributed by atoms with Gasteiger partial charge in [0.15, 0.2) is 0 Å². The van der Waals surface area contributed by atoms with Crippen LogP contribution in [0, 0.1) is 0 Å². The Labute approximate surface area is 167 Å². The minimum Gasteiger partial charge on any atom is -0.348 e. The van der Waals surface area contributed by atoms with Crippen molar-refractivity contribution in [2.75, 3.05) is 13.1 Å². The number of carbonyl (C=O) groups excluding carboxylic acids is 1. The maximum absolute atomic E-state index is 12.7. The highest BCUT2D eigenvalue weighted by Crippen LogP contribution is 2.23. The molecule has 0 aliphatic rings. The third-order valence-electron chi connectivity index (χ3n) is 3.87. The van der Waals surface area contributed by atoms with Gasteiger partial charge in [-0.2, -0.15) is 4.31 Å². The van der Waals surface area contributed by atoms with E-state index in [2.05, 4.69) is 21.2 Å². The van der Waals surface area contributed by atoms with Crippen LogP contribution in [-0.2, 0) is 16.6 Å². The summed E-state index contributed by atoms with van der Waals surface area (Å²) in [5.41, 5.74) is 1.12. The Morgan fingerprint density at radius 1 is 1.15 bits per heavy atom. The molecule has 0 bridgehead atoms. The van der Waals surface area contributed by atoms with E-state index in [1.165, 1.54) is 16.4 Å². The summed E-state index contributed by atoms with van der Waals surface area (Å²) >= 11 is 9.26. The molecule has 5 nitrogen and oxygen atoms in total. The highest BCUT2D eigenvalue weighted by Gasteiger charge is 2.23. The molecule has 0 heterocycles. The number of hydrogen-bond donors (Lipinski definition) is 1. The van der Waals surface area contributed by atoms with E-state index < -0.39 is 10.0 Å². The molecule has 2 aromatic rings. The van der Waals surface area contributed by atoms with E-state index in [9.17, 15) is 13.2 Å². The van der Waals surface area contributed by atoms with Crippen molar-refractivity contribution in [2.45, 2.75) is 25.3 Å². The van der Waals surface area contributed by atoms with Gasteiger partial charge in [0.2, 0.25) is 10.0 Å². The topological polar surface area (TPSA) is 66.5 Å². The van der Waals surface area contributed by atoms with Crippen LogP contribution in [0.15, 0.2) is 51.8 Å². The van der Waals surface area contributed by atoms with Crippen LogP contribution in [0.4, 0.5) is 0 Å². The van der Waals surface area contributed by atoms with Gasteiger partial charge in [0.1, 0.15) is 0 Å². The van der Waals surface area contributed by atoms with Crippen molar-refractivity contribution in [1.29, 1.82) is 0 Å². The number of rotatable bonds is 7. The smallest absolute Gasteiger partial charge is 0.252 e.